The molecular weight excluding hydrogens is 260 g/mol. The van der Waals surface area contributed by atoms with E-state index >= 15 is 0 Å². The zero-order valence-electron chi connectivity index (χ0n) is 10.7. The fourth-order valence-electron chi connectivity index (χ4n) is 1.55. The van der Waals surface area contributed by atoms with Crippen LogP contribution in [-0.2, 0) is 4.79 Å². The van der Waals surface area contributed by atoms with Crippen LogP contribution in [0.15, 0.2) is 47.9 Å². The van der Waals surface area contributed by atoms with Crippen molar-refractivity contribution in [2.24, 2.45) is 0 Å². The van der Waals surface area contributed by atoms with Gasteiger partial charge in [0.2, 0.25) is 5.91 Å². The van der Waals surface area contributed by atoms with Gasteiger partial charge in [-0.25, -0.2) is 9.67 Å². The number of hydrogen-bond donors (Lipinski definition) is 1. The average Bonchev–Trinajstić information content (AvgIpc) is 2.98. The van der Waals surface area contributed by atoms with Gasteiger partial charge in [-0.05, 0) is 19.1 Å². The van der Waals surface area contributed by atoms with Crippen LogP contribution in [0.2, 0.25) is 0 Å². The van der Waals surface area contributed by atoms with E-state index in [-0.39, 0.29) is 11.9 Å². The van der Waals surface area contributed by atoms with Gasteiger partial charge in [0.05, 0.1) is 0 Å². The lowest BCUT2D eigenvalue weighted by atomic mass is 10.3. The molecule has 0 radical (unpaired) electrons. The molecule has 0 spiro atoms. The van der Waals surface area contributed by atoms with E-state index in [1.165, 1.54) is 11.2 Å². The summed E-state index contributed by atoms with van der Waals surface area (Å²) in [6.45, 7) is 2.44. The molecule has 1 heterocycles. The lowest BCUT2D eigenvalue weighted by Gasteiger charge is -2.11. The minimum absolute atomic E-state index is 0.0424. The van der Waals surface area contributed by atoms with Crippen molar-refractivity contribution in [1.82, 2.24) is 20.1 Å². The molecule has 2 aromatic rings. The lowest BCUT2D eigenvalue weighted by molar-refractivity contribution is -0.124. The Morgan fingerprint density at radius 2 is 2.21 bits per heavy atom. The molecule has 0 bridgehead atoms. The molecule has 0 fully saturated rings. The van der Waals surface area contributed by atoms with Crippen molar-refractivity contribution in [2.75, 3.05) is 12.3 Å². The van der Waals surface area contributed by atoms with E-state index in [4.69, 9.17) is 0 Å². The van der Waals surface area contributed by atoms with Crippen molar-refractivity contribution in [2.45, 2.75) is 17.9 Å². The summed E-state index contributed by atoms with van der Waals surface area (Å²) < 4.78 is 1.54. The van der Waals surface area contributed by atoms with Gasteiger partial charge in [-0.3, -0.25) is 4.79 Å². The van der Waals surface area contributed by atoms with Crippen LogP contribution in [0.5, 0.6) is 0 Å². The zero-order valence-corrected chi connectivity index (χ0v) is 11.5. The number of hydrogen-bond acceptors (Lipinski definition) is 4. The first kappa shape index (κ1) is 13.6. The minimum atomic E-state index is -0.329. The van der Waals surface area contributed by atoms with Crippen molar-refractivity contribution in [3.8, 4) is 0 Å². The molecule has 0 aliphatic heterocycles. The average molecular weight is 276 g/mol. The number of thioether (sulfide) groups is 1. The topological polar surface area (TPSA) is 59.8 Å². The number of nitrogens with one attached hydrogen (secondary N) is 1. The molecule has 6 heteroatoms. The largest absolute Gasteiger partial charge is 0.353 e. The van der Waals surface area contributed by atoms with Crippen LogP contribution in [0.4, 0.5) is 0 Å². The summed E-state index contributed by atoms with van der Waals surface area (Å²) in [6, 6.07) is 9.80. The van der Waals surface area contributed by atoms with Crippen molar-refractivity contribution in [3.05, 3.63) is 43.0 Å². The molecule has 1 aromatic heterocycles. The number of carbonyl (C=O) groups excluding carboxylic acids is 1. The Hall–Kier alpha value is -1.82. The Kier molecular flexibility index (Phi) is 4.97. The predicted octanol–water partition coefficient (Wildman–Crippen LogP) is 1.75. The van der Waals surface area contributed by atoms with Crippen LogP contribution < -0.4 is 5.32 Å². The summed E-state index contributed by atoms with van der Waals surface area (Å²) in [5, 5.41) is 6.85. The highest BCUT2D eigenvalue weighted by molar-refractivity contribution is 7.99. The monoisotopic (exact) mass is 276 g/mol. The van der Waals surface area contributed by atoms with E-state index in [1.807, 2.05) is 18.2 Å². The molecule has 1 aromatic carbocycles. The summed E-state index contributed by atoms with van der Waals surface area (Å²) >= 11 is 1.72. The zero-order chi connectivity index (χ0) is 13.5. The molecule has 0 unspecified atom stereocenters. The Labute approximate surface area is 116 Å². The van der Waals surface area contributed by atoms with Gasteiger partial charge in [0.25, 0.3) is 0 Å². The summed E-state index contributed by atoms with van der Waals surface area (Å²) in [5.41, 5.74) is 0. The first-order valence-electron chi connectivity index (χ1n) is 6.07. The molecule has 100 valence electrons. The van der Waals surface area contributed by atoms with Crippen LogP contribution in [0.1, 0.15) is 13.0 Å². The predicted molar refractivity (Wildman–Crippen MR) is 74.9 cm³/mol. The molecule has 0 aliphatic carbocycles. The van der Waals surface area contributed by atoms with E-state index in [1.54, 1.807) is 29.7 Å². The van der Waals surface area contributed by atoms with Crippen LogP contribution in [0.3, 0.4) is 0 Å². The third kappa shape index (κ3) is 4.10. The van der Waals surface area contributed by atoms with Crippen molar-refractivity contribution >= 4 is 17.7 Å². The highest BCUT2D eigenvalue weighted by Crippen LogP contribution is 2.15. The van der Waals surface area contributed by atoms with Crippen LogP contribution >= 0.6 is 11.8 Å². The van der Waals surface area contributed by atoms with Crippen LogP contribution in [0, 0.1) is 0 Å². The normalized spacial score (nSPS) is 12.1. The number of nitrogens with zero attached hydrogens (tertiary/aromatic N) is 3. The third-order valence-corrected chi connectivity index (χ3v) is 3.64. The maximum Gasteiger partial charge on any atom is 0.244 e. The smallest absolute Gasteiger partial charge is 0.244 e. The number of rotatable bonds is 6. The van der Waals surface area contributed by atoms with E-state index in [2.05, 4.69) is 27.5 Å². The highest BCUT2D eigenvalue weighted by atomic mass is 32.2. The van der Waals surface area contributed by atoms with Gasteiger partial charge in [-0.1, -0.05) is 18.2 Å². The van der Waals surface area contributed by atoms with E-state index < -0.39 is 0 Å². The van der Waals surface area contributed by atoms with Gasteiger partial charge in [0.15, 0.2) is 0 Å². The van der Waals surface area contributed by atoms with E-state index in [0.717, 1.165) is 5.75 Å². The number of carbonyl (C=O) groups is 1. The standard InChI is InChI=1S/C13H16N4OS/c1-11(17-10-14-9-16-17)13(18)15-7-8-19-12-5-3-2-4-6-12/h2-6,9-11H,7-8H2,1H3,(H,15,18)/t11-/m0/s1. The van der Waals surface area contributed by atoms with Crippen LogP contribution in [0.25, 0.3) is 0 Å². The van der Waals surface area contributed by atoms with E-state index in [0.29, 0.717) is 6.54 Å². The lowest BCUT2D eigenvalue weighted by Crippen LogP contribution is -2.32. The molecule has 0 saturated heterocycles. The van der Waals surface area contributed by atoms with Crippen molar-refractivity contribution in [1.29, 1.82) is 0 Å². The molecule has 2 rings (SSSR count). The molecule has 0 aliphatic rings. The fourth-order valence-corrected chi connectivity index (χ4v) is 2.33. The summed E-state index contributed by atoms with van der Waals surface area (Å²) in [4.78, 5) is 16.9. The van der Waals surface area contributed by atoms with Gasteiger partial charge in [0.1, 0.15) is 18.7 Å². The maximum atomic E-state index is 11.8. The summed E-state index contributed by atoms with van der Waals surface area (Å²) in [5.74, 6) is 0.805. The Morgan fingerprint density at radius 3 is 2.89 bits per heavy atom. The first-order chi connectivity index (χ1) is 9.27. The molecular formula is C13H16N4OS. The SMILES string of the molecule is C[C@@H](C(=O)NCCSc1ccccc1)n1cncn1. The Morgan fingerprint density at radius 1 is 1.42 bits per heavy atom. The second kappa shape index (κ2) is 6.94. The highest BCUT2D eigenvalue weighted by Gasteiger charge is 2.14. The molecule has 5 nitrogen and oxygen atoms in total. The quantitative estimate of drug-likeness (QED) is 0.645. The van der Waals surface area contributed by atoms with Crippen molar-refractivity contribution in [3.63, 3.8) is 0 Å². The Bertz CT molecular complexity index is 501. The molecule has 0 saturated carbocycles. The number of benzene rings is 1. The number of amides is 1. The molecule has 1 atom stereocenters. The van der Waals surface area contributed by atoms with Gasteiger partial charge in [-0.15, -0.1) is 11.8 Å². The maximum absolute atomic E-state index is 11.8. The minimum Gasteiger partial charge on any atom is -0.353 e. The van der Waals surface area contributed by atoms with E-state index in [9.17, 15) is 4.79 Å². The summed E-state index contributed by atoms with van der Waals surface area (Å²) in [7, 11) is 0. The van der Waals surface area contributed by atoms with Gasteiger partial charge < -0.3 is 5.32 Å². The number of aromatic nitrogens is 3. The third-order valence-electron chi connectivity index (χ3n) is 2.63. The van der Waals surface area contributed by atoms with Crippen molar-refractivity contribution < 1.29 is 4.79 Å². The second-order valence-corrected chi connectivity index (χ2v) is 5.17. The second-order valence-electron chi connectivity index (χ2n) is 4.00. The molecule has 19 heavy (non-hydrogen) atoms. The Balaban J connectivity index is 1.70. The molecule has 1 N–H and O–H groups in total. The van der Waals surface area contributed by atoms with Gasteiger partial charge in [-0.2, -0.15) is 5.10 Å². The molecule has 1 amide bonds. The van der Waals surface area contributed by atoms with Crippen LogP contribution in [-0.4, -0.2) is 33.0 Å². The fraction of sp³-hybridized carbons (Fsp3) is 0.308. The van der Waals surface area contributed by atoms with Gasteiger partial charge in [0, 0.05) is 17.2 Å². The summed E-state index contributed by atoms with van der Waals surface area (Å²) in [6.07, 6.45) is 2.97. The first-order valence-corrected chi connectivity index (χ1v) is 7.05. The van der Waals surface area contributed by atoms with Gasteiger partial charge >= 0.3 is 0 Å².